The van der Waals surface area contributed by atoms with E-state index in [1.807, 2.05) is 54.6 Å². The first-order chi connectivity index (χ1) is 18.1. The highest BCUT2D eigenvalue weighted by molar-refractivity contribution is 5.97. The third-order valence-corrected chi connectivity index (χ3v) is 5.89. The van der Waals surface area contributed by atoms with Gasteiger partial charge in [0, 0.05) is 18.1 Å². The molecule has 2 aromatic heterocycles. The van der Waals surface area contributed by atoms with Gasteiger partial charge in [0.2, 0.25) is 6.41 Å². The number of halogens is 2. The fourth-order valence-electron chi connectivity index (χ4n) is 4.28. The van der Waals surface area contributed by atoms with Crippen LogP contribution in [0, 0.1) is 0 Å². The van der Waals surface area contributed by atoms with Gasteiger partial charge in [-0.2, -0.15) is 8.78 Å². The Morgan fingerprint density at radius 1 is 0.892 bits per heavy atom. The van der Waals surface area contributed by atoms with Crippen molar-refractivity contribution in [1.29, 1.82) is 0 Å². The van der Waals surface area contributed by atoms with Gasteiger partial charge >= 0.3 is 6.61 Å². The summed E-state index contributed by atoms with van der Waals surface area (Å²) in [7, 11) is 0. The van der Waals surface area contributed by atoms with E-state index in [-0.39, 0.29) is 5.75 Å². The molecule has 0 atom stereocenters. The largest absolute Gasteiger partial charge is 0.486 e. The zero-order valence-corrected chi connectivity index (χ0v) is 19.7. The van der Waals surface area contributed by atoms with E-state index in [1.165, 1.54) is 12.1 Å². The molecule has 0 unspecified atom stereocenters. The van der Waals surface area contributed by atoms with Gasteiger partial charge in [0.15, 0.2) is 5.75 Å². The van der Waals surface area contributed by atoms with Gasteiger partial charge in [0.25, 0.3) is 0 Å². The molecule has 1 amide bonds. The topological polar surface area (TPSA) is 65.4 Å². The molecule has 186 valence electrons. The van der Waals surface area contributed by atoms with Gasteiger partial charge in [-0.25, -0.2) is 0 Å². The molecule has 3 aromatic carbocycles. The van der Waals surface area contributed by atoms with Crippen LogP contribution in [-0.2, 0) is 17.9 Å². The summed E-state index contributed by atoms with van der Waals surface area (Å²) in [5, 5.41) is 3.62. The normalized spacial score (nSPS) is 11.0. The lowest BCUT2D eigenvalue weighted by Gasteiger charge is -2.15. The maximum absolute atomic E-state index is 12.6. The summed E-state index contributed by atoms with van der Waals surface area (Å²) in [5.74, 6) is 0.718. The van der Waals surface area contributed by atoms with Gasteiger partial charge in [-0.3, -0.25) is 9.78 Å². The van der Waals surface area contributed by atoms with Gasteiger partial charge in [-0.05, 0) is 47.5 Å². The molecule has 0 aliphatic rings. The summed E-state index contributed by atoms with van der Waals surface area (Å²) in [5.41, 5.74) is 4.54. The number of amides is 1. The van der Waals surface area contributed by atoms with Gasteiger partial charge in [0.1, 0.15) is 23.7 Å². The Morgan fingerprint density at radius 3 is 2.41 bits per heavy atom. The standard InChI is InChI=1S/C29H23F2N3O3/c30-29(31)37-22-14-12-20(13-15-22)17-34-25-11-5-4-9-23(25)28(36-18-21-7-2-1-3-8-21)27(34)26-24(33-19-35)10-6-16-32-26/h1-16,19,29H,17-18H2,(H,33,35). The van der Waals surface area contributed by atoms with Gasteiger partial charge in [-0.1, -0.05) is 54.6 Å². The van der Waals surface area contributed by atoms with E-state index in [0.29, 0.717) is 42.4 Å². The predicted molar refractivity (Wildman–Crippen MR) is 138 cm³/mol. The maximum Gasteiger partial charge on any atom is 0.387 e. The molecule has 6 nitrogen and oxygen atoms in total. The van der Waals surface area contributed by atoms with Crippen LogP contribution in [0.25, 0.3) is 22.3 Å². The lowest BCUT2D eigenvalue weighted by molar-refractivity contribution is -0.105. The first kappa shape index (κ1) is 24.0. The number of nitrogens with one attached hydrogen (secondary N) is 1. The van der Waals surface area contributed by atoms with Crippen molar-refractivity contribution in [2.24, 2.45) is 0 Å². The molecule has 0 spiro atoms. The van der Waals surface area contributed by atoms with Crippen LogP contribution < -0.4 is 14.8 Å². The van der Waals surface area contributed by atoms with Crippen LogP contribution in [0.3, 0.4) is 0 Å². The number of ether oxygens (including phenoxy) is 2. The van der Waals surface area contributed by atoms with Crippen LogP contribution in [0.2, 0.25) is 0 Å². The molecule has 0 bridgehead atoms. The molecular weight excluding hydrogens is 476 g/mol. The molecule has 0 aliphatic heterocycles. The van der Waals surface area contributed by atoms with E-state index in [9.17, 15) is 13.6 Å². The third-order valence-electron chi connectivity index (χ3n) is 5.89. The number of hydrogen-bond acceptors (Lipinski definition) is 4. The molecular formula is C29H23F2N3O3. The highest BCUT2D eigenvalue weighted by atomic mass is 19.3. The minimum atomic E-state index is -2.89. The number of rotatable bonds is 10. The minimum absolute atomic E-state index is 0.0883. The molecule has 5 rings (SSSR count). The van der Waals surface area contributed by atoms with Crippen LogP contribution in [0.5, 0.6) is 11.5 Å². The van der Waals surface area contributed by atoms with Gasteiger partial charge in [0.05, 0.1) is 11.2 Å². The lowest BCUT2D eigenvalue weighted by Crippen LogP contribution is -2.07. The lowest BCUT2D eigenvalue weighted by atomic mass is 10.1. The minimum Gasteiger partial charge on any atom is -0.486 e. The molecule has 0 saturated carbocycles. The second-order valence-corrected chi connectivity index (χ2v) is 8.24. The van der Waals surface area contributed by atoms with Crippen LogP contribution >= 0.6 is 0 Å². The zero-order chi connectivity index (χ0) is 25.6. The van der Waals surface area contributed by atoms with E-state index in [0.717, 1.165) is 22.0 Å². The fraction of sp³-hybridized carbons (Fsp3) is 0.103. The molecule has 0 fully saturated rings. The van der Waals surface area contributed by atoms with Gasteiger partial charge < -0.3 is 19.4 Å². The van der Waals surface area contributed by atoms with Gasteiger partial charge in [-0.15, -0.1) is 0 Å². The molecule has 1 N–H and O–H groups in total. The quantitative estimate of drug-likeness (QED) is 0.223. The van der Waals surface area contributed by atoms with Crippen molar-refractivity contribution in [3.63, 3.8) is 0 Å². The number of aromatic nitrogens is 2. The number of benzene rings is 3. The predicted octanol–water partition coefficient (Wildman–Crippen LogP) is 6.50. The molecule has 8 heteroatoms. The van der Waals surface area contributed by atoms with E-state index >= 15 is 0 Å². The Morgan fingerprint density at radius 2 is 1.65 bits per heavy atom. The highest BCUT2D eigenvalue weighted by Gasteiger charge is 2.23. The number of anilines is 1. The maximum atomic E-state index is 12.6. The van der Waals surface area contributed by atoms with E-state index in [4.69, 9.17) is 4.74 Å². The monoisotopic (exact) mass is 499 g/mol. The second-order valence-electron chi connectivity index (χ2n) is 8.24. The highest BCUT2D eigenvalue weighted by Crippen LogP contribution is 2.42. The summed E-state index contributed by atoms with van der Waals surface area (Å²) in [4.78, 5) is 16.0. The van der Waals surface area contributed by atoms with Crippen molar-refractivity contribution >= 4 is 23.0 Å². The summed E-state index contributed by atoms with van der Waals surface area (Å²) in [6, 6.07) is 27.7. The zero-order valence-electron chi connectivity index (χ0n) is 19.7. The summed E-state index contributed by atoms with van der Waals surface area (Å²) < 4.78 is 38.2. The van der Waals surface area contributed by atoms with Crippen molar-refractivity contribution in [2.75, 3.05) is 5.32 Å². The van der Waals surface area contributed by atoms with Crippen LogP contribution in [0.15, 0.2) is 97.2 Å². The molecule has 0 aliphatic carbocycles. The molecule has 5 aromatic rings. The van der Waals surface area contributed by atoms with Crippen LogP contribution in [0.1, 0.15) is 11.1 Å². The molecule has 37 heavy (non-hydrogen) atoms. The smallest absolute Gasteiger partial charge is 0.387 e. The van der Waals surface area contributed by atoms with Crippen molar-refractivity contribution in [3.8, 4) is 22.9 Å². The average Bonchev–Trinajstić information content (AvgIpc) is 3.22. The number of carbonyl (C=O) groups excluding carboxylic acids is 1. The first-order valence-corrected chi connectivity index (χ1v) is 11.6. The second kappa shape index (κ2) is 10.9. The molecule has 2 heterocycles. The van der Waals surface area contributed by atoms with Crippen molar-refractivity contribution in [3.05, 3.63) is 108 Å². The molecule has 0 radical (unpaired) electrons. The number of pyridine rings is 1. The molecule has 0 saturated heterocycles. The number of fused-ring (bicyclic) bond motifs is 1. The number of nitrogens with zero attached hydrogens (tertiary/aromatic N) is 2. The number of para-hydroxylation sites is 1. The third kappa shape index (κ3) is 5.28. The van der Waals surface area contributed by atoms with E-state index in [2.05, 4.69) is 19.6 Å². The van der Waals surface area contributed by atoms with Crippen molar-refractivity contribution in [1.82, 2.24) is 9.55 Å². The Balaban J connectivity index is 1.65. The van der Waals surface area contributed by atoms with E-state index < -0.39 is 6.61 Å². The summed E-state index contributed by atoms with van der Waals surface area (Å²) in [6.07, 6.45) is 2.27. The Kier molecular flexibility index (Phi) is 7.07. The number of alkyl halides is 2. The van der Waals surface area contributed by atoms with Crippen molar-refractivity contribution < 1.29 is 23.0 Å². The Bertz CT molecular complexity index is 1500. The van der Waals surface area contributed by atoms with Crippen LogP contribution in [-0.4, -0.2) is 22.6 Å². The number of carbonyl (C=O) groups is 1. The first-order valence-electron chi connectivity index (χ1n) is 11.6. The SMILES string of the molecule is O=CNc1cccnc1-c1c(OCc2ccccc2)c2ccccc2n1Cc1ccc(OC(F)F)cc1. The van der Waals surface area contributed by atoms with E-state index in [1.54, 1.807) is 30.5 Å². The Hall–Kier alpha value is -4.72. The summed E-state index contributed by atoms with van der Waals surface area (Å²) in [6.45, 7) is -2.15. The Labute approximate surface area is 212 Å². The average molecular weight is 500 g/mol. The number of hydrogen-bond donors (Lipinski definition) is 1. The van der Waals surface area contributed by atoms with Crippen LogP contribution in [0.4, 0.5) is 14.5 Å². The van der Waals surface area contributed by atoms with Crippen molar-refractivity contribution in [2.45, 2.75) is 19.8 Å². The summed E-state index contributed by atoms with van der Waals surface area (Å²) >= 11 is 0. The fourth-order valence-corrected chi connectivity index (χ4v) is 4.28.